The molecule has 2 aromatic rings. The molecule has 0 aromatic heterocycles. The van der Waals surface area contributed by atoms with E-state index in [-0.39, 0.29) is 18.6 Å². The highest BCUT2D eigenvalue weighted by Gasteiger charge is 2.14. The SMILES string of the molecule is CC[C@H](C)NC(=O)C(=O)N/N=C\c1ccccc1OCC(=O)Nc1ccc(OC)cc1. The number of benzene rings is 2. The number of anilines is 1. The standard InChI is InChI=1S/C22H26N4O5/c1-4-15(2)24-21(28)22(29)26-23-13-16-7-5-6-8-19(16)31-14-20(27)25-17-9-11-18(30-3)12-10-17/h5-13,15H,4,14H2,1-3H3,(H,24,28)(H,25,27)(H,26,29)/b23-13-/t15-/m0/s1. The number of hydrazone groups is 1. The highest BCUT2D eigenvalue weighted by molar-refractivity contribution is 6.35. The van der Waals surface area contributed by atoms with Gasteiger partial charge in [-0.05, 0) is 49.7 Å². The van der Waals surface area contributed by atoms with Gasteiger partial charge in [-0.25, -0.2) is 5.43 Å². The van der Waals surface area contributed by atoms with Crippen molar-refractivity contribution in [2.75, 3.05) is 19.0 Å². The van der Waals surface area contributed by atoms with E-state index in [0.717, 1.165) is 0 Å². The molecule has 3 amide bonds. The van der Waals surface area contributed by atoms with Crippen LogP contribution < -0.4 is 25.5 Å². The zero-order valence-electron chi connectivity index (χ0n) is 17.7. The first-order valence-corrected chi connectivity index (χ1v) is 9.72. The van der Waals surface area contributed by atoms with E-state index >= 15 is 0 Å². The van der Waals surface area contributed by atoms with Crippen LogP contribution >= 0.6 is 0 Å². The van der Waals surface area contributed by atoms with Crippen molar-refractivity contribution >= 4 is 29.6 Å². The number of ether oxygens (including phenoxy) is 2. The summed E-state index contributed by atoms with van der Waals surface area (Å²) in [7, 11) is 1.56. The molecule has 31 heavy (non-hydrogen) atoms. The predicted molar refractivity (Wildman–Crippen MR) is 117 cm³/mol. The Hall–Kier alpha value is -3.88. The lowest BCUT2D eigenvalue weighted by atomic mass is 10.2. The number of hydrogen-bond donors (Lipinski definition) is 3. The molecular formula is C22H26N4O5. The molecule has 9 heteroatoms. The van der Waals surface area contributed by atoms with E-state index in [4.69, 9.17) is 9.47 Å². The summed E-state index contributed by atoms with van der Waals surface area (Å²) in [6.45, 7) is 3.47. The first kappa shape index (κ1) is 23.4. The van der Waals surface area contributed by atoms with E-state index in [1.54, 1.807) is 62.6 Å². The molecule has 0 saturated carbocycles. The molecule has 0 aliphatic heterocycles. The molecule has 0 heterocycles. The minimum absolute atomic E-state index is 0.111. The van der Waals surface area contributed by atoms with E-state index in [1.807, 2.05) is 6.92 Å². The van der Waals surface area contributed by atoms with Crippen LogP contribution in [0.25, 0.3) is 0 Å². The quantitative estimate of drug-likeness (QED) is 0.322. The fourth-order valence-electron chi connectivity index (χ4n) is 2.34. The summed E-state index contributed by atoms with van der Waals surface area (Å²) >= 11 is 0. The second-order valence-corrected chi connectivity index (χ2v) is 6.59. The second-order valence-electron chi connectivity index (χ2n) is 6.59. The van der Waals surface area contributed by atoms with E-state index in [9.17, 15) is 14.4 Å². The van der Waals surface area contributed by atoms with Gasteiger partial charge >= 0.3 is 11.8 Å². The monoisotopic (exact) mass is 426 g/mol. The van der Waals surface area contributed by atoms with E-state index < -0.39 is 11.8 Å². The summed E-state index contributed by atoms with van der Waals surface area (Å²) in [5.74, 6) is -0.881. The van der Waals surface area contributed by atoms with Crippen LogP contribution in [0.3, 0.4) is 0 Å². The Morgan fingerprint density at radius 2 is 1.77 bits per heavy atom. The van der Waals surface area contributed by atoms with Crippen LogP contribution in [0, 0.1) is 0 Å². The Morgan fingerprint density at radius 1 is 1.06 bits per heavy atom. The fourth-order valence-corrected chi connectivity index (χ4v) is 2.34. The van der Waals surface area contributed by atoms with Crippen molar-refractivity contribution < 1.29 is 23.9 Å². The van der Waals surface area contributed by atoms with Crippen molar-refractivity contribution in [2.45, 2.75) is 26.3 Å². The van der Waals surface area contributed by atoms with Crippen LogP contribution in [-0.2, 0) is 14.4 Å². The van der Waals surface area contributed by atoms with Gasteiger partial charge in [0.25, 0.3) is 5.91 Å². The lowest BCUT2D eigenvalue weighted by molar-refractivity contribution is -0.139. The molecule has 0 aliphatic carbocycles. The maximum atomic E-state index is 12.1. The lowest BCUT2D eigenvalue weighted by Gasteiger charge is -2.10. The Balaban J connectivity index is 1.89. The molecule has 0 radical (unpaired) electrons. The number of para-hydroxylation sites is 1. The van der Waals surface area contributed by atoms with Crippen molar-refractivity contribution in [3.8, 4) is 11.5 Å². The van der Waals surface area contributed by atoms with Gasteiger partial charge in [0.2, 0.25) is 0 Å². The molecule has 9 nitrogen and oxygen atoms in total. The normalized spacial score (nSPS) is 11.5. The Labute approximate surface area is 180 Å². The Morgan fingerprint density at radius 3 is 2.45 bits per heavy atom. The van der Waals surface area contributed by atoms with Gasteiger partial charge < -0.3 is 20.1 Å². The molecule has 2 rings (SSSR count). The van der Waals surface area contributed by atoms with Crippen LogP contribution in [0.2, 0.25) is 0 Å². The molecule has 0 spiro atoms. The van der Waals surface area contributed by atoms with Crippen molar-refractivity contribution in [2.24, 2.45) is 5.10 Å². The van der Waals surface area contributed by atoms with Crippen LogP contribution in [0.1, 0.15) is 25.8 Å². The van der Waals surface area contributed by atoms with Gasteiger partial charge in [0.05, 0.1) is 13.3 Å². The minimum atomic E-state index is -0.867. The van der Waals surface area contributed by atoms with Crippen LogP contribution in [0.5, 0.6) is 11.5 Å². The molecule has 0 aliphatic rings. The van der Waals surface area contributed by atoms with Gasteiger partial charge in [0.15, 0.2) is 6.61 Å². The van der Waals surface area contributed by atoms with Gasteiger partial charge in [0, 0.05) is 17.3 Å². The molecule has 164 valence electrons. The molecule has 0 fully saturated rings. The number of hydrogen-bond acceptors (Lipinski definition) is 6. The maximum Gasteiger partial charge on any atom is 0.329 e. The zero-order valence-corrected chi connectivity index (χ0v) is 17.7. The number of nitrogens with zero attached hydrogens (tertiary/aromatic N) is 1. The maximum absolute atomic E-state index is 12.1. The third-order valence-electron chi connectivity index (χ3n) is 4.22. The highest BCUT2D eigenvalue weighted by atomic mass is 16.5. The summed E-state index contributed by atoms with van der Waals surface area (Å²) < 4.78 is 10.6. The molecule has 0 saturated heterocycles. The number of methoxy groups -OCH3 is 1. The number of carbonyl (C=O) groups excluding carboxylic acids is 3. The molecule has 0 bridgehead atoms. The van der Waals surface area contributed by atoms with Gasteiger partial charge in [-0.1, -0.05) is 19.1 Å². The third-order valence-corrected chi connectivity index (χ3v) is 4.22. The van der Waals surface area contributed by atoms with E-state index in [2.05, 4.69) is 21.2 Å². The minimum Gasteiger partial charge on any atom is -0.497 e. The van der Waals surface area contributed by atoms with E-state index in [1.165, 1.54) is 6.21 Å². The molecule has 0 unspecified atom stereocenters. The average Bonchev–Trinajstić information content (AvgIpc) is 2.78. The lowest BCUT2D eigenvalue weighted by Crippen LogP contribution is -2.41. The topological polar surface area (TPSA) is 118 Å². The first-order chi connectivity index (χ1) is 14.9. The third kappa shape index (κ3) is 7.81. The average molecular weight is 426 g/mol. The molecular weight excluding hydrogens is 400 g/mol. The van der Waals surface area contributed by atoms with Crippen molar-refractivity contribution in [3.63, 3.8) is 0 Å². The highest BCUT2D eigenvalue weighted by Crippen LogP contribution is 2.17. The number of rotatable bonds is 9. The predicted octanol–water partition coefficient (Wildman–Crippen LogP) is 2.08. The van der Waals surface area contributed by atoms with Crippen LogP contribution in [0.4, 0.5) is 5.69 Å². The van der Waals surface area contributed by atoms with Crippen molar-refractivity contribution in [1.29, 1.82) is 0 Å². The molecule has 3 N–H and O–H groups in total. The van der Waals surface area contributed by atoms with E-state index in [0.29, 0.717) is 29.2 Å². The summed E-state index contributed by atoms with van der Waals surface area (Å²) in [5, 5.41) is 9.06. The molecule has 1 atom stereocenters. The summed E-state index contributed by atoms with van der Waals surface area (Å²) in [5.41, 5.74) is 3.31. The number of carbonyl (C=O) groups is 3. The molecule has 2 aromatic carbocycles. The second kappa shape index (κ2) is 12.0. The Bertz CT molecular complexity index is 928. The first-order valence-electron chi connectivity index (χ1n) is 9.72. The van der Waals surface area contributed by atoms with Gasteiger partial charge in [-0.2, -0.15) is 5.10 Å². The Kier molecular flexibility index (Phi) is 9.03. The van der Waals surface area contributed by atoms with Crippen LogP contribution in [0.15, 0.2) is 53.6 Å². The fraction of sp³-hybridized carbons (Fsp3) is 0.273. The summed E-state index contributed by atoms with van der Waals surface area (Å²) in [6.07, 6.45) is 2.05. The summed E-state index contributed by atoms with van der Waals surface area (Å²) in [4.78, 5) is 35.6. The zero-order chi connectivity index (χ0) is 22.6. The van der Waals surface area contributed by atoms with Crippen LogP contribution in [-0.4, -0.2) is 43.7 Å². The summed E-state index contributed by atoms with van der Waals surface area (Å²) in [6, 6.07) is 13.7. The smallest absolute Gasteiger partial charge is 0.329 e. The number of amides is 3. The van der Waals surface area contributed by atoms with Crippen molar-refractivity contribution in [3.05, 3.63) is 54.1 Å². The largest absolute Gasteiger partial charge is 0.497 e. The number of nitrogens with one attached hydrogen (secondary N) is 3. The van der Waals surface area contributed by atoms with Gasteiger partial charge in [-0.15, -0.1) is 0 Å². The van der Waals surface area contributed by atoms with Crippen molar-refractivity contribution in [1.82, 2.24) is 10.7 Å². The van der Waals surface area contributed by atoms with Gasteiger partial charge in [0.1, 0.15) is 11.5 Å². The van der Waals surface area contributed by atoms with Gasteiger partial charge in [-0.3, -0.25) is 14.4 Å².